The van der Waals surface area contributed by atoms with Gasteiger partial charge < -0.3 is 5.32 Å². The van der Waals surface area contributed by atoms with E-state index in [1.807, 2.05) is 24.3 Å². The highest BCUT2D eigenvalue weighted by Crippen LogP contribution is 2.23. The zero-order chi connectivity index (χ0) is 18.2. The maximum atomic E-state index is 12.4. The van der Waals surface area contributed by atoms with E-state index >= 15 is 0 Å². The Bertz CT molecular complexity index is 665. The zero-order valence-electron chi connectivity index (χ0n) is 15.8. The van der Waals surface area contributed by atoms with Crippen LogP contribution in [-0.4, -0.2) is 23.4 Å². The van der Waals surface area contributed by atoms with Gasteiger partial charge >= 0.3 is 0 Å². The maximum Gasteiger partial charge on any atom is 0.225 e. The summed E-state index contributed by atoms with van der Waals surface area (Å²) in [6.45, 7) is 10.3. The number of nitrogens with one attached hydrogen (secondary N) is 1. The van der Waals surface area contributed by atoms with Crippen molar-refractivity contribution >= 4 is 11.6 Å². The molecule has 0 heterocycles. The van der Waals surface area contributed by atoms with Gasteiger partial charge in [-0.05, 0) is 37.0 Å². The second kappa shape index (κ2) is 9.38. The predicted octanol–water partition coefficient (Wildman–Crippen LogP) is 5.05. The molecule has 0 saturated heterocycles. The van der Waals surface area contributed by atoms with Gasteiger partial charge in [0, 0.05) is 31.2 Å². The molecule has 2 rings (SSSR count). The second-order valence-electron chi connectivity index (χ2n) is 7.09. The molecule has 0 aromatic heterocycles. The summed E-state index contributed by atoms with van der Waals surface area (Å²) in [4.78, 5) is 14.8. The first-order chi connectivity index (χ1) is 12.0. The highest BCUT2D eigenvalue weighted by molar-refractivity contribution is 5.91. The number of carbonyl (C=O) groups excluding carboxylic acids is 1. The summed E-state index contributed by atoms with van der Waals surface area (Å²) in [5.74, 6) is 0.466. The van der Waals surface area contributed by atoms with Gasteiger partial charge in [-0.25, -0.2) is 0 Å². The average molecular weight is 338 g/mol. The molecular weight excluding hydrogens is 308 g/mol. The number of amides is 1. The zero-order valence-corrected chi connectivity index (χ0v) is 15.8. The highest BCUT2D eigenvalue weighted by atomic mass is 16.1. The van der Waals surface area contributed by atoms with E-state index in [2.05, 4.69) is 68.2 Å². The van der Waals surface area contributed by atoms with Crippen LogP contribution >= 0.6 is 0 Å². The van der Waals surface area contributed by atoms with Crippen molar-refractivity contribution in [2.24, 2.45) is 0 Å². The van der Waals surface area contributed by atoms with E-state index in [4.69, 9.17) is 0 Å². The van der Waals surface area contributed by atoms with E-state index in [1.54, 1.807) is 0 Å². The van der Waals surface area contributed by atoms with E-state index < -0.39 is 0 Å². The number of carbonyl (C=O) groups is 1. The number of anilines is 1. The van der Waals surface area contributed by atoms with Crippen LogP contribution in [0.1, 0.15) is 51.2 Å². The lowest BCUT2D eigenvalue weighted by atomic mass is 10.0. The Labute approximate surface area is 152 Å². The summed E-state index contributed by atoms with van der Waals surface area (Å²) in [6, 6.07) is 18.9. The third kappa shape index (κ3) is 6.02. The van der Waals surface area contributed by atoms with Crippen LogP contribution in [0.4, 0.5) is 5.69 Å². The Kier molecular flexibility index (Phi) is 7.20. The molecule has 0 aliphatic carbocycles. The minimum absolute atomic E-state index is 0.0758. The minimum Gasteiger partial charge on any atom is -0.326 e. The van der Waals surface area contributed by atoms with Crippen LogP contribution in [0.2, 0.25) is 0 Å². The quantitative estimate of drug-likeness (QED) is 0.730. The third-order valence-electron chi connectivity index (χ3n) is 4.44. The Morgan fingerprint density at radius 1 is 0.960 bits per heavy atom. The topological polar surface area (TPSA) is 32.3 Å². The standard InChI is InChI=1S/C22H30N2O/c1-17(2)20-12-8-9-13-21(20)23-22(25)14-15-24(18(3)4)16-19-10-6-5-7-11-19/h5-13,17-18H,14-16H2,1-4H3,(H,23,25). The monoisotopic (exact) mass is 338 g/mol. The first kappa shape index (κ1) is 19.2. The first-order valence-corrected chi connectivity index (χ1v) is 9.14. The predicted molar refractivity (Wildman–Crippen MR) is 106 cm³/mol. The lowest BCUT2D eigenvalue weighted by Crippen LogP contribution is -2.33. The van der Waals surface area contributed by atoms with Gasteiger partial charge in [0.25, 0.3) is 0 Å². The number of nitrogens with zero attached hydrogens (tertiary/aromatic N) is 1. The SMILES string of the molecule is CC(C)c1ccccc1NC(=O)CCN(Cc1ccccc1)C(C)C. The summed E-state index contributed by atoms with van der Waals surface area (Å²) in [7, 11) is 0. The highest BCUT2D eigenvalue weighted by Gasteiger charge is 2.14. The van der Waals surface area contributed by atoms with Crippen LogP contribution in [-0.2, 0) is 11.3 Å². The van der Waals surface area contributed by atoms with Crippen LogP contribution in [0.3, 0.4) is 0 Å². The van der Waals surface area contributed by atoms with Crippen molar-refractivity contribution in [3.8, 4) is 0 Å². The van der Waals surface area contributed by atoms with E-state index in [0.717, 1.165) is 18.8 Å². The van der Waals surface area contributed by atoms with Gasteiger partial charge in [-0.3, -0.25) is 9.69 Å². The van der Waals surface area contributed by atoms with Crippen molar-refractivity contribution < 1.29 is 4.79 Å². The van der Waals surface area contributed by atoms with Gasteiger partial charge in [0.2, 0.25) is 5.91 Å². The molecule has 2 aromatic rings. The molecule has 134 valence electrons. The van der Waals surface area contributed by atoms with Crippen molar-refractivity contribution in [2.45, 2.75) is 52.6 Å². The van der Waals surface area contributed by atoms with Gasteiger partial charge in [0.15, 0.2) is 0 Å². The van der Waals surface area contributed by atoms with Crippen molar-refractivity contribution in [3.63, 3.8) is 0 Å². The summed E-state index contributed by atoms with van der Waals surface area (Å²) in [5.41, 5.74) is 3.39. The van der Waals surface area contributed by atoms with E-state index in [-0.39, 0.29) is 5.91 Å². The fourth-order valence-corrected chi connectivity index (χ4v) is 2.91. The molecule has 3 heteroatoms. The molecule has 0 spiro atoms. The number of benzene rings is 2. The molecule has 0 atom stereocenters. The fourth-order valence-electron chi connectivity index (χ4n) is 2.91. The molecule has 2 aromatic carbocycles. The first-order valence-electron chi connectivity index (χ1n) is 9.14. The smallest absolute Gasteiger partial charge is 0.225 e. The molecule has 0 bridgehead atoms. The van der Waals surface area contributed by atoms with E-state index in [1.165, 1.54) is 11.1 Å². The fraction of sp³-hybridized carbons (Fsp3) is 0.409. The second-order valence-corrected chi connectivity index (χ2v) is 7.09. The van der Waals surface area contributed by atoms with Crippen molar-refractivity contribution in [1.82, 2.24) is 4.90 Å². The minimum atomic E-state index is 0.0758. The molecule has 1 amide bonds. The molecule has 1 N–H and O–H groups in total. The molecule has 0 unspecified atom stereocenters. The van der Waals surface area contributed by atoms with Crippen molar-refractivity contribution in [3.05, 3.63) is 65.7 Å². The Balaban J connectivity index is 1.93. The van der Waals surface area contributed by atoms with Crippen molar-refractivity contribution in [1.29, 1.82) is 0 Å². The van der Waals surface area contributed by atoms with Gasteiger partial charge in [-0.1, -0.05) is 62.4 Å². The summed E-state index contributed by atoms with van der Waals surface area (Å²) in [5, 5.41) is 3.08. The van der Waals surface area contributed by atoms with Gasteiger partial charge in [-0.15, -0.1) is 0 Å². The molecule has 0 aliphatic rings. The number of hydrogen-bond donors (Lipinski definition) is 1. The van der Waals surface area contributed by atoms with Crippen LogP contribution < -0.4 is 5.32 Å². The Morgan fingerprint density at radius 3 is 2.24 bits per heavy atom. The maximum absolute atomic E-state index is 12.4. The molecular formula is C22H30N2O. The number of rotatable bonds is 8. The summed E-state index contributed by atoms with van der Waals surface area (Å²) >= 11 is 0. The van der Waals surface area contributed by atoms with Gasteiger partial charge in [-0.2, -0.15) is 0 Å². The number of hydrogen-bond acceptors (Lipinski definition) is 2. The molecule has 0 saturated carbocycles. The summed E-state index contributed by atoms with van der Waals surface area (Å²) < 4.78 is 0. The summed E-state index contributed by atoms with van der Waals surface area (Å²) in [6.07, 6.45) is 0.497. The van der Waals surface area contributed by atoms with Gasteiger partial charge in [0.1, 0.15) is 0 Å². The largest absolute Gasteiger partial charge is 0.326 e. The molecule has 0 radical (unpaired) electrons. The van der Waals surface area contributed by atoms with Crippen LogP contribution in [0.5, 0.6) is 0 Å². The average Bonchev–Trinajstić information content (AvgIpc) is 2.59. The van der Waals surface area contributed by atoms with Crippen LogP contribution in [0.15, 0.2) is 54.6 Å². The van der Waals surface area contributed by atoms with Crippen molar-refractivity contribution in [2.75, 3.05) is 11.9 Å². The van der Waals surface area contributed by atoms with E-state index in [0.29, 0.717) is 18.4 Å². The molecule has 0 aliphatic heterocycles. The normalized spacial score (nSPS) is 11.3. The Hall–Kier alpha value is -2.13. The lowest BCUT2D eigenvalue weighted by Gasteiger charge is -2.26. The third-order valence-corrected chi connectivity index (χ3v) is 4.44. The van der Waals surface area contributed by atoms with Gasteiger partial charge in [0.05, 0.1) is 0 Å². The molecule has 25 heavy (non-hydrogen) atoms. The molecule has 3 nitrogen and oxygen atoms in total. The Morgan fingerprint density at radius 2 is 1.60 bits per heavy atom. The van der Waals surface area contributed by atoms with E-state index in [9.17, 15) is 4.79 Å². The van der Waals surface area contributed by atoms with Crippen LogP contribution in [0, 0.1) is 0 Å². The van der Waals surface area contributed by atoms with Crippen LogP contribution in [0.25, 0.3) is 0 Å². The lowest BCUT2D eigenvalue weighted by molar-refractivity contribution is -0.116. The molecule has 0 fully saturated rings. The number of para-hydroxylation sites is 1.